The number of hydrazine groups is 1. The number of anilines is 1. The minimum atomic E-state index is -3.53. The van der Waals surface area contributed by atoms with E-state index in [0.29, 0.717) is 27.6 Å². The van der Waals surface area contributed by atoms with Gasteiger partial charge in [-0.3, -0.25) is 5.84 Å². The van der Waals surface area contributed by atoms with Crippen LogP contribution in [-0.2, 0) is 10.0 Å². The van der Waals surface area contributed by atoms with Gasteiger partial charge in [-0.2, -0.15) is 0 Å². The normalized spacial score (nSPS) is 13.5. The third-order valence-corrected chi connectivity index (χ3v) is 5.86. The number of nitrogens with two attached hydrogens (primary N) is 1. The van der Waals surface area contributed by atoms with Crippen LogP contribution in [0.15, 0.2) is 17.0 Å². The average Bonchev–Trinajstić information content (AvgIpc) is 2.37. The predicted octanol–water partition coefficient (Wildman–Crippen LogP) is 2.69. The number of rotatable bonds is 7. The number of hydrogen-bond acceptors (Lipinski definition) is 4. The summed E-state index contributed by atoms with van der Waals surface area (Å²) in [5, 5.41) is 0. The van der Waals surface area contributed by atoms with E-state index in [1.165, 1.54) is 0 Å². The monoisotopic (exact) mass is 313 g/mol. The number of nitrogen functional groups attached to an aromatic ring is 1. The first-order valence-electron chi connectivity index (χ1n) is 7.37. The quantitative estimate of drug-likeness (QED) is 0.534. The minimum absolute atomic E-state index is 0.0869. The van der Waals surface area contributed by atoms with E-state index < -0.39 is 10.0 Å². The van der Waals surface area contributed by atoms with Crippen LogP contribution in [0.3, 0.4) is 0 Å². The molecule has 21 heavy (non-hydrogen) atoms. The second-order valence-electron chi connectivity index (χ2n) is 5.57. The molecule has 0 aliphatic rings. The van der Waals surface area contributed by atoms with Gasteiger partial charge in [0.25, 0.3) is 0 Å². The first-order valence-corrected chi connectivity index (χ1v) is 8.85. The SMILES string of the molecule is CCC(CC)C(C)NS(=O)(=O)c1c(C)cc(NN)cc1C. The van der Waals surface area contributed by atoms with Crippen molar-refractivity contribution in [1.82, 2.24) is 4.72 Å². The zero-order valence-corrected chi connectivity index (χ0v) is 14.3. The van der Waals surface area contributed by atoms with Crippen molar-refractivity contribution in [3.8, 4) is 0 Å². The molecule has 1 atom stereocenters. The van der Waals surface area contributed by atoms with Crippen LogP contribution < -0.4 is 16.0 Å². The molecule has 0 amide bonds. The second kappa shape index (κ2) is 7.24. The van der Waals surface area contributed by atoms with E-state index in [4.69, 9.17) is 5.84 Å². The highest BCUT2D eigenvalue weighted by Crippen LogP contribution is 2.25. The molecule has 0 bridgehead atoms. The molecule has 0 saturated heterocycles. The van der Waals surface area contributed by atoms with Crippen molar-refractivity contribution in [2.24, 2.45) is 11.8 Å². The molecule has 0 aliphatic carbocycles. The Morgan fingerprint density at radius 1 is 1.14 bits per heavy atom. The fourth-order valence-electron chi connectivity index (χ4n) is 2.85. The fraction of sp³-hybridized carbons (Fsp3) is 0.600. The predicted molar refractivity (Wildman–Crippen MR) is 87.6 cm³/mol. The van der Waals surface area contributed by atoms with Crippen LogP contribution in [0.4, 0.5) is 5.69 Å². The molecule has 0 aromatic heterocycles. The molecule has 120 valence electrons. The summed E-state index contributed by atoms with van der Waals surface area (Å²) in [4.78, 5) is 0.347. The van der Waals surface area contributed by atoms with Crippen LogP contribution in [0.25, 0.3) is 0 Å². The molecule has 0 radical (unpaired) electrons. The van der Waals surface area contributed by atoms with Crippen LogP contribution in [0, 0.1) is 19.8 Å². The van der Waals surface area contributed by atoms with Gasteiger partial charge in [-0.25, -0.2) is 13.1 Å². The first kappa shape index (κ1) is 17.9. The number of benzene rings is 1. The number of hydrogen-bond donors (Lipinski definition) is 3. The molecule has 0 heterocycles. The highest BCUT2D eigenvalue weighted by atomic mass is 32.2. The molecule has 1 unspecified atom stereocenters. The van der Waals surface area contributed by atoms with Gasteiger partial charge in [0.05, 0.1) is 4.90 Å². The summed E-state index contributed by atoms with van der Waals surface area (Å²) < 4.78 is 28.1. The summed E-state index contributed by atoms with van der Waals surface area (Å²) in [6.45, 7) is 9.65. The molecule has 1 aromatic rings. The van der Waals surface area contributed by atoms with Gasteiger partial charge < -0.3 is 5.43 Å². The Morgan fingerprint density at radius 3 is 2.00 bits per heavy atom. The molecule has 1 rings (SSSR count). The number of nitrogens with one attached hydrogen (secondary N) is 2. The van der Waals surface area contributed by atoms with Crippen molar-refractivity contribution in [1.29, 1.82) is 0 Å². The lowest BCUT2D eigenvalue weighted by atomic mass is 9.96. The molecule has 4 N–H and O–H groups in total. The van der Waals surface area contributed by atoms with Gasteiger partial charge in [0, 0.05) is 11.7 Å². The Morgan fingerprint density at radius 2 is 1.62 bits per heavy atom. The van der Waals surface area contributed by atoms with Gasteiger partial charge in [-0.15, -0.1) is 0 Å². The average molecular weight is 313 g/mol. The fourth-order valence-corrected chi connectivity index (χ4v) is 4.62. The molecule has 0 aliphatic heterocycles. The van der Waals surface area contributed by atoms with Crippen LogP contribution in [0.1, 0.15) is 44.7 Å². The van der Waals surface area contributed by atoms with Crippen molar-refractivity contribution in [2.75, 3.05) is 5.43 Å². The van der Waals surface area contributed by atoms with E-state index in [1.807, 2.05) is 6.92 Å². The summed E-state index contributed by atoms with van der Waals surface area (Å²) in [5.41, 5.74) is 4.63. The molecular weight excluding hydrogens is 286 g/mol. The lowest BCUT2D eigenvalue weighted by Crippen LogP contribution is -2.38. The summed E-state index contributed by atoms with van der Waals surface area (Å²) in [5.74, 6) is 5.73. The van der Waals surface area contributed by atoms with Crippen LogP contribution in [-0.4, -0.2) is 14.5 Å². The second-order valence-corrected chi connectivity index (χ2v) is 7.22. The number of sulfonamides is 1. The Kier molecular flexibility index (Phi) is 6.19. The van der Waals surface area contributed by atoms with E-state index in [-0.39, 0.29) is 6.04 Å². The summed E-state index contributed by atoms with van der Waals surface area (Å²) in [7, 11) is -3.53. The largest absolute Gasteiger partial charge is 0.324 e. The van der Waals surface area contributed by atoms with Crippen molar-refractivity contribution >= 4 is 15.7 Å². The van der Waals surface area contributed by atoms with Gasteiger partial charge in [-0.1, -0.05) is 26.7 Å². The van der Waals surface area contributed by atoms with E-state index in [1.54, 1.807) is 26.0 Å². The van der Waals surface area contributed by atoms with E-state index in [9.17, 15) is 8.42 Å². The highest BCUT2D eigenvalue weighted by Gasteiger charge is 2.25. The van der Waals surface area contributed by atoms with E-state index in [0.717, 1.165) is 12.8 Å². The minimum Gasteiger partial charge on any atom is -0.324 e. The number of aryl methyl sites for hydroxylation is 2. The summed E-state index contributed by atoms with van der Waals surface area (Å²) in [6.07, 6.45) is 1.91. The lowest BCUT2D eigenvalue weighted by Gasteiger charge is -2.23. The van der Waals surface area contributed by atoms with Gasteiger partial charge in [0.15, 0.2) is 0 Å². The van der Waals surface area contributed by atoms with Gasteiger partial charge >= 0.3 is 0 Å². The molecule has 5 nitrogen and oxygen atoms in total. The summed E-state index contributed by atoms with van der Waals surface area (Å²) >= 11 is 0. The maximum Gasteiger partial charge on any atom is 0.241 e. The van der Waals surface area contributed by atoms with Gasteiger partial charge in [0.2, 0.25) is 10.0 Å². The van der Waals surface area contributed by atoms with Gasteiger partial charge in [0.1, 0.15) is 0 Å². The Bertz CT molecular complexity index is 558. The Hall–Kier alpha value is -1.11. The molecule has 0 fully saturated rings. The summed E-state index contributed by atoms with van der Waals surface area (Å²) in [6, 6.07) is 3.39. The first-order chi connectivity index (χ1) is 9.76. The van der Waals surface area contributed by atoms with Crippen molar-refractivity contribution < 1.29 is 8.42 Å². The molecule has 0 saturated carbocycles. The Labute approximate surface area is 128 Å². The molecular formula is C15H27N3O2S. The highest BCUT2D eigenvalue weighted by molar-refractivity contribution is 7.89. The van der Waals surface area contributed by atoms with E-state index >= 15 is 0 Å². The van der Waals surface area contributed by atoms with Crippen LogP contribution in [0.5, 0.6) is 0 Å². The topological polar surface area (TPSA) is 84.2 Å². The van der Waals surface area contributed by atoms with Crippen LogP contribution in [0.2, 0.25) is 0 Å². The molecule has 0 spiro atoms. The zero-order valence-electron chi connectivity index (χ0n) is 13.5. The standard InChI is InChI=1S/C15H27N3O2S/c1-6-13(7-2)12(5)18-21(19,20)15-10(3)8-14(17-16)9-11(15)4/h8-9,12-13,17-18H,6-7,16H2,1-5H3. The van der Waals surface area contributed by atoms with Crippen molar-refractivity contribution in [2.45, 2.75) is 58.4 Å². The smallest absolute Gasteiger partial charge is 0.241 e. The van der Waals surface area contributed by atoms with Gasteiger partial charge in [-0.05, 0) is 49.9 Å². The van der Waals surface area contributed by atoms with E-state index in [2.05, 4.69) is 24.0 Å². The van der Waals surface area contributed by atoms with Crippen molar-refractivity contribution in [3.63, 3.8) is 0 Å². The zero-order chi connectivity index (χ0) is 16.2. The molecule has 1 aromatic carbocycles. The van der Waals surface area contributed by atoms with Crippen LogP contribution >= 0.6 is 0 Å². The van der Waals surface area contributed by atoms with Crippen molar-refractivity contribution in [3.05, 3.63) is 23.3 Å². The lowest BCUT2D eigenvalue weighted by molar-refractivity contribution is 0.390. The Balaban J connectivity index is 3.14. The third kappa shape index (κ3) is 4.18. The third-order valence-electron chi connectivity index (χ3n) is 3.99. The maximum atomic E-state index is 12.7. The maximum absolute atomic E-state index is 12.7. The molecule has 6 heteroatoms.